The van der Waals surface area contributed by atoms with Crippen LogP contribution in [0, 0.1) is 11.7 Å². The number of benzene rings is 1. The predicted molar refractivity (Wildman–Crippen MR) is 82.7 cm³/mol. The second-order valence-corrected chi connectivity index (χ2v) is 6.02. The molecule has 1 saturated heterocycles. The molecule has 116 valence electrons. The van der Waals surface area contributed by atoms with Crippen molar-refractivity contribution in [2.45, 2.75) is 45.6 Å². The molecule has 1 aromatic rings. The van der Waals surface area contributed by atoms with Gasteiger partial charge in [-0.25, -0.2) is 9.18 Å². The van der Waals surface area contributed by atoms with Gasteiger partial charge >= 0.3 is 6.03 Å². The van der Waals surface area contributed by atoms with Gasteiger partial charge in [-0.1, -0.05) is 19.1 Å². The molecule has 0 saturated carbocycles. The SMILES string of the molecule is CCC(C)NC(=O)N1CCC(Cc2ccc(F)cc2)CC1. The Morgan fingerprint density at radius 1 is 1.33 bits per heavy atom. The number of hydrogen-bond acceptors (Lipinski definition) is 1. The number of carbonyl (C=O) groups is 1. The van der Waals surface area contributed by atoms with Gasteiger partial charge in [-0.3, -0.25) is 0 Å². The first-order chi connectivity index (χ1) is 10.1. The zero-order valence-corrected chi connectivity index (χ0v) is 12.9. The summed E-state index contributed by atoms with van der Waals surface area (Å²) >= 11 is 0. The molecule has 21 heavy (non-hydrogen) atoms. The molecular weight excluding hydrogens is 267 g/mol. The average Bonchev–Trinajstić information content (AvgIpc) is 2.50. The first-order valence-electron chi connectivity index (χ1n) is 7.88. The van der Waals surface area contributed by atoms with Crippen molar-refractivity contribution in [3.63, 3.8) is 0 Å². The maximum atomic E-state index is 12.9. The monoisotopic (exact) mass is 292 g/mol. The van der Waals surface area contributed by atoms with Crippen molar-refractivity contribution in [1.82, 2.24) is 10.2 Å². The van der Waals surface area contributed by atoms with Crippen LogP contribution in [0.4, 0.5) is 9.18 Å². The average molecular weight is 292 g/mol. The first-order valence-corrected chi connectivity index (χ1v) is 7.88. The summed E-state index contributed by atoms with van der Waals surface area (Å²) in [5.41, 5.74) is 1.18. The third-order valence-electron chi connectivity index (χ3n) is 4.32. The van der Waals surface area contributed by atoms with Crippen molar-refractivity contribution < 1.29 is 9.18 Å². The third-order valence-corrected chi connectivity index (χ3v) is 4.32. The van der Waals surface area contributed by atoms with Gasteiger partial charge in [0.25, 0.3) is 0 Å². The molecule has 0 aliphatic carbocycles. The van der Waals surface area contributed by atoms with Crippen LogP contribution in [0.3, 0.4) is 0 Å². The lowest BCUT2D eigenvalue weighted by Gasteiger charge is -2.32. The van der Waals surface area contributed by atoms with Crippen LogP contribution in [-0.4, -0.2) is 30.1 Å². The summed E-state index contributed by atoms with van der Waals surface area (Å²) < 4.78 is 12.9. The van der Waals surface area contributed by atoms with Gasteiger partial charge in [0.1, 0.15) is 5.82 Å². The number of rotatable bonds is 4. The lowest BCUT2D eigenvalue weighted by molar-refractivity contribution is 0.167. The van der Waals surface area contributed by atoms with Crippen molar-refractivity contribution in [2.75, 3.05) is 13.1 Å². The molecule has 1 aliphatic heterocycles. The molecule has 0 aromatic heterocycles. The molecule has 2 rings (SSSR count). The maximum absolute atomic E-state index is 12.9. The molecule has 0 bridgehead atoms. The number of piperidine rings is 1. The molecule has 1 aromatic carbocycles. The number of nitrogens with one attached hydrogen (secondary N) is 1. The van der Waals surface area contributed by atoms with Gasteiger partial charge in [0.05, 0.1) is 0 Å². The number of nitrogens with zero attached hydrogens (tertiary/aromatic N) is 1. The Bertz CT molecular complexity index is 452. The summed E-state index contributed by atoms with van der Waals surface area (Å²) in [6.07, 6.45) is 3.96. The van der Waals surface area contributed by atoms with Crippen LogP contribution in [-0.2, 0) is 6.42 Å². The van der Waals surface area contributed by atoms with Crippen LogP contribution in [0.15, 0.2) is 24.3 Å². The van der Waals surface area contributed by atoms with Gasteiger partial charge in [-0.2, -0.15) is 0 Å². The molecule has 1 unspecified atom stereocenters. The van der Waals surface area contributed by atoms with E-state index in [1.807, 2.05) is 24.0 Å². The molecule has 1 heterocycles. The lowest BCUT2D eigenvalue weighted by Crippen LogP contribution is -2.47. The number of carbonyl (C=O) groups excluding carboxylic acids is 1. The van der Waals surface area contributed by atoms with Gasteiger partial charge in [0.15, 0.2) is 0 Å². The summed E-state index contributed by atoms with van der Waals surface area (Å²) in [7, 11) is 0. The quantitative estimate of drug-likeness (QED) is 0.903. The third kappa shape index (κ3) is 4.73. The number of urea groups is 1. The van der Waals surface area contributed by atoms with Gasteiger partial charge in [0.2, 0.25) is 0 Å². The minimum absolute atomic E-state index is 0.0598. The smallest absolute Gasteiger partial charge is 0.317 e. The second kappa shape index (κ2) is 7.43. The van der Waals surface area contributed by atoms with E-state index in [1.54, 1.807) is 0 Å². The van der Waals surface area contributed by atoms with E-state index in [9.17, 15) is 9.18 Å². The number of hydrogen-bond donors (Lipinski definition) is 1. The summed E-state index contributed by atoms with van der Waals surface area (Å²) in [5.74, 6) is 0.401. The highest BCUT2D eigenvalue weighted by Crippen LogP contribution is 2.22. The zero-order valence-electron chi connectivity index (χ0n) is 12.9. The molecule has 0 spiro atoms. The molecule has 1 N–H and O–H groups in total. The fraction of sp³-hybridized carbons (Fsp3) is 0.588. The first kappa shape index (κ1) is 15.8. The number of halogens is 1. The largest absolute Gasteiger partial charge is 0.336 e. The number of amides is 2. The highest BCUT2D eigenvalue weighted by molar-refractivity contribution is 5.74. The van der Waals surface area contributed by atoms with Crippen molar-refractivity contribution in [1.29, 1.82) is 0 Å². The minimum Gasteiger partial charge on any atom is -0.336 e. The number of likely N-dealkylation sites (tertiary alicyclic amines) is 1. The highest BCUT2D eigenvalue weighted by Gasteiger charge is 2.23. The standard InChI is InChI=1S/C17H25FN2O/c1-3-13(2)19-17(21)20-10-8-15(9-11-20)12-14-4-6-16(18)7-5-14/h4-7,13,15H,3,8-12H2,1-2H3,(H,19,21). The zero-order chi connectivity index (χ0) is 15.2. The van der Waals surface area contributed by atoms with E-state index in [2.05, 4.69) is 12.2 Å². The van der Waals surface area contributed by atoms with E-state index in [0.717, 1.165) is 38.8 Å². The Labute approximate surface area is 126 Å². The van der Waals surface area contributed by atoms with Crippen molar-refractivity contribution in [2.24, 2.45) is 5.92 Å². The normalized spacial score (nSPS) is 17.6. The Kier molecular flexibility index (Phi) is 5.59. The van der Waals surface area contributed by atoms with Crippen LogP contribution in [0.2, 0.25) is 0 Å². The minimum atomic E-state index is -0.185. The predicted octanol–water partition coefficient (Wildman–Crippen LogP) is 3.59. The molecule has 2 amide bonds. The van der Waals surface area contributed by atoms with Crippen LogP contribution in [0.25, 0.3) is 0 Å². The van der Waals surface area contributed by atoms with E-state index in [-0.39, 0.29) is 17.9 Å². The van der Waals surface area contributed by atoms with Crippen LogP contribution in [0.1, 0.15) is 38.7 Å². The second-order valence-electron chi connectivity index (χ2n) is 6.02. The molecule has 1 fully saturated rings. The van der Waals surface area contributed by atoms with Crippen molar-refractivity contribution >= 4 is 6.03 Å². The topological polar surface area (TPSA) is 32.3 Å². The fourth-order valence-corrected chi connectivity index (χ4v) is 2.70. The van der Waals surface area contributed by atoms with E-state index in [1.165, 1.54) is 17.7 Å². The van der Waals surface area contributed by atoms with E-state index < -0.39 is 0 Å². The summed E-state index contributed by atoms with van der Waals surface area (Å²) in [6, 6.07) is 7.04. The Hall–Kier alpha value is -1.58. The van der Waals surface area contributed by atoms with Gasteiger partial charge < -0.3 is 10.2 Å². The van der Waals surface area contributed by atoms with Crippen LogP contribution in [0.5, 0.6) is 0 Å². The summed E-state index contributed by atoms with van der Waals surface area (Å²) in [6.45, 7) is 5.72. The van der Waals surface area contributed by atoms with Gasteiger partial charge in [0, 0.05) is 19.1 Å². The van der Waals surface area contributed by atoms with Crippen LogP contribution >= 0.6 is 0 Å². The Morgan fingerprint density at radius 3 is 2.52 bits per heavy atom. The Morgan fingerprint density at radius 2 is 1.95 bits per heavy atom. The van der Waals surface area contributed by atoms with Crippen LogP contribution < -0.4 is 5.32 Å². The highest BCUT2D eigenvalue weighted by atomic mass is 19.1. The summed E-state index contributed by atoms with van der Waals surface area (Å²) in [5, 5.41) is 3.02. The fourth-order valence-electron chi connectivity index (χ4n) is 2.70. The molecular formula is C17H25FN2O. The molecule has 0 radical (unpaired) electrons. The van der Waals surface area contributed by atoms with Crippen molar-refractivity contribution in [3.8, 4) is 0 Å². The molecule has 4 heteroatoms. The lowest BCUT2D eigenvalue weighted by atomic mass is 9.90. The van der Waals surface area contributed by atoms with E-state index in [0.29, 0.717) is 5.92 Å². The van der Waals surface area contributed by atoms with E-state index >= 15 is 0 Å². The summed E-state index contributed by atoms with van der Waals surface area (Å²) in [4.78, 5) is 14.0. The van der Waals surface area contributed by atoms with Gasteiger partial charge in [-0.05, 0) is 56.2 Å². The maximum Gasteiger partial charge on any atom is 0.317 e. The Balaban J connectivity index is 1.77. The van der Waals surface area contributed by atoms with E-state index in [4.69, 9.17) is 0 Å². The van der Waals surface area contributed by atoms with Crippen molar-refractivity contribution in [3.05, 3.63) is 35.6 Å². The van der Waals surface area contributed by atoms with Gasteiger partial charge in [-0.15, -0.1) is 0 Å². The molecule has 1 atom stereocenters. The molecule has 3 nitrogen and oxygen atoms in total. The molecule has 1 aliphatic rings.